The highest BCUT2D eigenvalue weighted by Gasteiger charge is 2.41. The Bertz CT molecular complexity index is 2880. The van der Waals surface area contributed by atoms with Gasteiger partial charge in [0.05, 0.1) is 6.10 Å². The Kier molecular flexibility index (Phi) is 28.6. The Morgan fingerprint density at radius 3 is 1.29 bits per heavy atom. The Balaban J connectivity index is 0.000000220. The number of benzene rings is 4. The topological polar surface area (TPSA) is 124 Å². The lowest BCUT2D eigenvalue weighted by Gasteiger charge is -2.36. The number of esters is 1. The minimum absolute atomic E-state index is 0. The van der Waals surface area contributed by atoms with Crippen LogP contribution < -0.4 is 10.6 Å². The summed E-state index contributed by atoms with van der Waals surface area (Å²) in [5, 5.41) is 24.9. The van der Waals surface area contributed by atoms with Crippen molar-refractivity contribution in [2.45, 2.75) is 120 Å². The maximum absolute atomic E-state index is 13.0. The minimum atomic E-state index is -0.889. The molecule has 76 heavy (non-hydrogen) atoms. The fourth-order valence-corrected chi connectivity index (χ4v) is 9.28. The number of aliphatic hydroxyl groups excluding tert-OH is 1. The van der Waals surface area contributed by atoms with Gasteiger partial charge in [-0.1, -0.05) is 103 Å². The molecule has 0 aliphatic carbocycles. The molecule has 0 radical (unpaired) electrons. The number of para-hydroxylation sites is 2. The highest BCUT2D eigenvalue weighted by Crippen LogP contribution is 2.37. The number of hydrogen-bond acceptors (Lipinski definition) is 9. The van der Waals surface area contributed by atoms with Crippen LogP contribution >= 0.6 is 24.0 Å². The van der Waals surface area contributed by atoms with Gasteiger partial charge in [-0.05, 0) is 204 Å². The molecule has 9 rings (SSSR count). The van der Waals surface area contributed by atoms with Gasteiger partial charge in [-0.15, -0.1) is 30.4 Å². The van der Waals surface area contributed by atoms with Crippen molar-refractivity contribution >= 4 is 47.3 Å². The van der Waals surface area contributed by atoms with Crippen LogP contribution in [-0.2, 0) is 19.1 Å². The van der Waals surface area contributed by atoms with E-state index in [1.807, 2.05) is 109 Å². The molecule has 6 atom stereocenters. The summed E-state index contributed by atoms with van der Waals surface area (Å²) in [6, 6.07) is 39.4. The van der Waals surface area contributed by atoms with E-state index < -0.39 is 18.1 Å². The first-order chi connectivity index (χ1) is 36.7. The number of ether oxygens (including phenoxy) is 2. The van der Waals surface area contributed by atoms with Crippen molar-refractivity contribution in [1.82, 2.24) is 9.80 Å². The largest absolute Gasteiger partial charge is 0.479 e. The molecular weight excluding hydrogens is 1060 g/mol. The molecule has 10 nitrogen and oxygen atoms in total. The van der Waals surface area contributed by atoms with E-state index in [0.717, 1.165) is 61.4 Å². The van der Waals surface area contributed by atoms with Crippen LogP contribution in [0.1, 0.15) is 94.3 Å². The van der Waals surface area contributed by atoms with E-state index >= 15 is 0 Å². The number of piperidine rings is 2. The second kappa shape index (κ2) is 35.6. The molecule has 11 heteroatoms. The summed E-state index contributed by atoms with van der Waals surface area (Å²) >= 11 is 0. The van der Waals surface area contributed by atoms with Crippen molar-refractivity contribution in [3.63, 3.8) is 0 Å². The summed E-state index contributed by atoms with van der Waals surface area (Å²) in [6.07, 6.45) is 16.4. The number of anilines is 2. The monoisotopic (exact) mass is 1130 g/mol. The second-order valence-corrected chi connectivity index (χ2v) is 18.1. The number of terminal acetylenes is 1. The van der Waals surface area contributed by atoms with Crippen LogP contribution in [0.3, 0.4) is 0 Å². The van der Waals surface area contributed by atoms with Gasteiger partial charge in [0.15, 0.2) is 12.1 Å². The zero-order chi connectivity index (χ0) is 53.3. The number of carbonyl (C=O) groups excluding carboxylic acids is 1. The highest BCUT2D eigenvalue weighted by molar-refractivity contribution is 14.0. The van der Waals surface area contributed by atoms with Crippen LogP contribution in [-0.4, -0.2) is 95.6 Å². The van der Waals surface area contributed by atoms with Crippen LogP contribution in [0.15, 0.2) is 121 Å². The number of halogens is 1. The first-order valence-corrected chi connectivity index (χ1v) is 25.4. The Morgan fingerprint density at radius 1 is 0.566 bits per heavy atom. The number of aliphatic carboxylic acids is 1. The number of carboxylic acids is 1. The summed E-state index contributed by atoms with van der Waals surface area (Å²) in [6.45, 7) is 3.70. The van der Waals surface area contributed by atoms with Crippen molar-refractivity contribution in [3.05, 3.63) is 132 Å². The number of rotatable bonds is 9. The molecule has 5 aliphatic heterocycles. The van der Waals surface area contributed by atoms with Gasteiger partial charge in [0.1, 0.15) is 6.10 Å². The average Bonchev–Trinajstić information content (AvgIpc) is 4.13. The predicted octanol–water partition coefficient (Wildman–Crippen LogP) is 9.61. The quantitative estimate of drug-likeness (QED) is 0.0733. The van der Waals surface area contributed by atoms with Crippen LogP contribution in [0.2, 0.25) is 0 Å². The third-order valence-corrected chi connectivity index (χ3v) is 13.1. The third kappa shape index (κ3) is 22.1. The van der Waals surface area contributed by atoms with Crippen LogP contribution in [0.25, 0.3) is 0 Å². The van der Waals surface area contributed by atoms with Gasteiger partial charge in [-0.3, -0.25) is 0 Å². The molecule has 0 saturated carbocycles. The molecular formula is C65H67IN4O6. The van der Waals surface area contributed by atoms with Crippen LogP contribution in [0, 0.1) is 95.2 Å². The number of nitrogens with zero attached hydrogens (tertiary/aromatic N) is 2. The number of fused-ring (bicyclic) bond motifs is 4. The smallest absolute Gasteiger partial charge is 0.333 e. The van der Waals surface area contributed by atoms with E-state index in [0.29, 0.717) is 24.2 Å². The molecule has 5 aliphatic rings. The maximum Gasteiger partial charge on any atom is 0.333 e. The van der Waals surface area contributed by atoms with Gasteiger partial charge in [0.2, 0.25) is 0 Å². The third-order valence-electron chi connectivity index (χ3n) is 13.1. The second-order valence-electron chi connectivity index (χ2n) is 18.1. The molecule has 4 bridgehead atoms. The normalized spacial score (nSPS) is 20.4. The lowest BCUT2D eigenvalue weighted by atomic mass is 10.00. The van der Waals surface area contributed by atoms with Gasteiger partial charge >= 0.3 is 11.9 Å². The van der Waals surface area contributed by atoms with E-state index in [-0.39, 0.29) is 42.2 Å². The lowest BCUT2D eigenvalue weighted by Crippen LogP contribution is -2.44. The van der Waals surface area contributed by atoms with Gasteiger partial charge in [-0.25, -0.2) is 9.59 Å². The van der Waals surface area contributed by atoms with Crippen molar-refractivity contribution in [1.29, 1.82) is 0 Å². The standard InChI is InChI=1S/C22H26N2O2.C17H4.C14H13NO2.C8H15NO.C4H8O.HI/c1-24-18-12-13-19(24)15-20(14-18)26-22(25)21(16-8-4-2-5-9-16)23-17-10-6-3-7-11-17;1-3-5-7-9-11-13-15-17-16-14-12-10-8-6-4-2;16-14(17)13(11-7-3-1-4-8-11)15-12-9-5-2-6-10-12;1-9-6-2-3-7(9)5-8(10)4-6;1-2-4-5-3-1;/h2-11,18-21,23H,12-15H2,1H3;1H,2H3;1-10,13,15H,(H,16,17);6-8,10H,2-5H2,1H3;1-4H2;1H. The number of carbonyl (C=O) groups is 2. The average molecular weight is 1130 g/mol. The Hall–Kier alpha value is -7.53. The van der Waals surface area contributed by atoms with Crippen molar-refractivity contribution < 1.29 is 29.3 Å². The van der Waals surface area contributed by atoms with E-state index in [9.17, 15) is 19.8 Å². The van der Waals surface area contributed by atoms with Crippen LogP contribution in [0.4, 0.5) is 11.4 Å². The number of aliphatic hydroxyl groups is 1. The van der Waals surface area contributed by atoms with Crippen molar-refractivity contribution in [3.8, 4) is 95.2 Å². The van der Waals surface area contributed by atoms with E-state index in [1.54, 1.807) is 19.1 Å². The molecule has 4 aromatic carbocycles. The summed E-state index contributed by atoms with van der Waals surface area (Å²) in [5.74, 6) is 35.8. The fourth-order valence-electron chi connectivity index (χ4n) is 9.28. The van der Waals surface area contributed by atoms with Gasteiger partial charge in [0, 0.05) is 48.8 Å². The Morgan fingerprint density at radius 2 is 0.921 bits per heavy atom. The molecule has 0 amide bonds. The molecule has 5 saturated heterocycles. The summed E-state index contributed by atoms with van der Waals surface area (Å²) < 4.78 is 10.9. The molecule has 6 unspecified atom stereocenters. The first kappa shape index (κ1) is 61.0. The number of carboxylic acid groups (broad SMARTS) is 1. The number of nitrogens with one attached hydrogen (secondary N) is 2. The SMILES string of the molecule is C#CC#CC#CC#CC#CC#CC#CC#CC.C1CCOC1.CN1C2CCC1CC(O)C2.CN1C2CCC1CC(OC(=O)C(Nc1ccccc1)c1ccccc1)C2.I.O=C(O)C(Nc1ccccc1)c1ccccc1. The fraction of sp³-hybridized carbons (Fsp3) is 0.354. The first-order valence-electron chi connectivity index (χ1n) is 25.4. The van der Waals surface area contributed by atoms with E-state index in [2.05, 4.69) is 123 Å². The summed E-state index contributed by atoms with van der Waals surface area (Å²) in [7, 11) is 4.39. The van der Waals surface area contributed by atoms with E-state index in [4.69, 9.17) is 15.9 Å². The van der Waals surface area contributed by atoms with Gasteiger partial charge < -0.3 is 40.1 Å². The molecule has 5 fully saturated rings. The van der Waals surface area contributed by atoms with Crippen molar-refractivity contribution in [2.24, 2.45) is 0 Å². The molecule has 0 aromatic heterocycles. The minimum Gasteiger partial charge on any atom is -0.479 e. The molecule has 4 N–H and O–H groups in total. The molecule has 390 valence electrons. The van der Waals surface area contributed by atoms with Gasteiger partial charge in [-0.2, -0.15) is 0 Å². The molecule has 0 spiro atoms. The maximum atomic E-state index is 13.0. The number of hydrogen-bond donors (Lipinski definition) is 4. The van der Waals surface area contributed by atoms with Crippen molar-refractivity contribution in [2.75, 3.05) is 37.9 Å². The Labute approximate surface area is 468 Å². The summed E-state index contributed by atoms with van der Waals surface area (Å²) in [5.41, 5.74) is 3.38. The van der Waals surface area contributed by atoms with Gasteiger partial charge in [0.25, 0.3) is 0 Å². The van der Waals surface area contributed by atoms with Crippen LogP contribution in [0.5, 0.6) is 0 Å². The lowest BCUT2D eigenvalue weighted by molar-refractivity contribution is -0.153. The molecule has 5 heterocycles. The zero-order valence-corrected chi connectivity index (χ0v) is 45.9. The summed E-state index contributed by atoms with van der Waals surface area (Å²) in [4.78, 5) is 29.2. The van der Waals surface area contributed by atoms with E-state index in [1.165, 1.54) is 38.5 Å². The highest BCUT2D eigenvalue weighted by atomic mass is 127. The molecule has 4 aromatic rings. The zero-order valence-electron chi connectivity index (χ0n) is 43.6. The predicted molar refractivity (Wildman–Crippen MR) is 314 cm³/mol.